The molecule has 1 unspecified atom stereocenters. The Hall–Kier alpha value is -2.42. The number of nitro groups is 1. The number of benzene rings is 1. The molecule has 1 aromatic carbocycles. The van der Waals surface area contributed by atoms with Gasteiger partial charge in [-0.2, -0.15) is 0 Å². The standard InChI is InChI=1S/C19H24N4O4S/c1-19(2,3)27-18(24)22-8-4-5-13(11-22)12-28-17-10-20-16-9-14(23(25)26)6-7-15(16)21-17/h6-7,9-10,13H,4-5,8,11-12H2,1-3H3. The van der Waals surface area contributed by atoms with Gasteiger partial charge in [-0.25, -0.2) is 9.78 Å². The number of hydrogen-bond donors (Lipinski definition) is 0. The Balaban J connectivity index is 1.59. The summed E-state index contributed by atoms with van der Waals surface area (Å²) in [4.78, 5) is 33.3. The maximum Gasteiger partial charge on any atom is 0.410 e. The summed E-state index contributed by atoms with van der Waals surface area (Å²) in [6.07, 6.45) is 3.40. The molecule has 0 spiro atoms. The van der Waals surface area contributed by atoms with Crippen LogP contribution >= 0.6 is 11.8 Å². The van der Waals surface area contributed by atoms with E-state index >= 15 is 0 Å². The Morgan fingerprint density at radius 2 is 2.18 bits per heavy atom. The summed E-state index contributed by atoms with van der Waals surface area (Å²) in [6.45, 7) is 7.01. The van der Waals surface area contributed by atoms with E-state index in [0.29, 0.717) is 23.5 Å². The first-order valence-corrected chi connectivity index (χ1v) is 10.2. The van der Waals surface area contributed by atoms with Crippen molar-refractivity contribution in [3.05, 3.63) is 34.5 Å². The topological polar surface area (TPSA) is 98.5 Å². The van der Waals surface area contributed by atoms with Gasteiger partial charge in [0.1, 0.15) is 10.6 Å². The maximum atomic E-state index is 12.3. The molecule has 0 aliphatic carbocycles. The van der Waals surface area contributed by atoms with Gasteiger partial charge in [0.25, 0.3) is 5.69 Å². The average molecular weight is 404 g/mol. The van der Waals surface area contributed by atoms with Gasteiger partial charge in [-0.15, -0.1) is 11.8 Å². The summed E-state index contributed by atoms with van der Waals surface area (Å²) in [5, 5.41) is 11.6. The predicted octanol–water partition coefficient (Wildman–Crippen LogP) is 4.28. The quantitative estimate of drug-likeness (QED) is 0.426. The van der Waals surface area contributed by atoms with E-state index in [4.69, 9.17) is 4.74 Å². The van der Waals surface area contributed by atoms with Crippen LogP contribution in [0.1, 0.15) is 33.6 Å². The first-order valence-electron chi connectivity index (χ1n) is 9.23. The van der Waals surface area contributed by atoms with E-state index in [1.54, 1.807) is 28.9 Å². The SMILES string of the molecule is CC(C)(C)OC(=O)N1CCCC(CSc2cnc3cc([N+](=O)[O-])ccc3n2)C1. The molecule has 1 aromatic heterocycles. The summed E-state index contributed by atoms with van der Waals surface area (Å²) in [5.41, 5.74) is 0.655. The first kappa shape index (κ1) is 20.3. The van der Waals surface area contributed by atoms with Crippen LogP contribution in [-0.2, 0) is 4.74 Å². The van der Waals surface area contributed by atoms with Crippen LogP contribution in [0.15, 0.2) is 29.4 Å². The Morgan fingerprint density at radius 1 is 1.39 bits per heavy atom. The van der Waals surface area contributed by atoms with E-state index in [1.807, 2.05) is 20.8 Å². The molecule has 2 heterocycles. The number of fused-ring (bicyclic) bond motifs is 1. The highest BCUT2D eigenvalue weighted by Crippen LogP contribution is 2.27. The number of nitrogens with zero attached hydrogens (tertiary/aromatic N) is 4. The highest BCUT2D eigenvalue weighted by atomic mass is 32.2. The van der Waals surface area contributed by atoms with Gasteiger partial charge in [-0.05, 0) is 45.6 Å². The van der Waals surface area contributed by atoms with Crippen molar-refractivity contribution in [1.82, 2.24) is 14.9 Å². The van der Waals surface area contributed by atoms with Crippen LogP contribution in [0, 0.1) is 16.0 Å². The molecular weight excluding hydrogens is 380 g/mol. The van der Waals surface area contributed by atoms with E-state index in [0.717, 1.165) is 30.2 Å². The summed E-state index contributed by atoms with van der Waals surface area (Å²) < 4.78 is 5.47. The van der Waals surface area contributed by atoms with Crippen molar-refractivity contribution in [2.75, 3.05) is 18.8 Å². The number of amides is 1. The molecular formula is C19H24N4O4S. The number of nitro benzene ring substituents is 1. The number of thioether (sulfide) groups is 1. The van der Waals surface area contributed by atoms with Crippen molar-refractivity contribution in [3.8, 4) is 0 Å². The fraction of sp³-hybridized carbons (Fsp3) is 0.526. The minimum atomic E-state index is -0.492. The summed E-state index contributed by atoms with van der Waals surface area (Å²) in [6, 6.07) is 4.48. The smallest absolute Gasteiger partial charge is 0.410 e. The second-order valence-electron chi connectivity index (χ2n) is 7.88. The van der Waals surface area contributed by atoms with Crippen molar-refractivity contribution in [3.63, 3.8) is 0 Å². The second kappa shape index (κ2) is 8.30. The van der Waals surface area contributed by atoms with Gasteiger partial charge >= 0.3 is 6.09 Å². The lowest BCUT2D eigenvalue weighted by molar-refractivity contribution is -0.384. The molecule has 3 rings (SSSR count). The van der Waals surface area contributed by atoms with Crippen LogP contribution in [0.25, 0.3) is 11.0 Å². The lowest BCUT2D eigenvalue weighted by atomic mass is 10.0. The van der Waals surface area contributed by atoms with Crippen molar-refractivity contribution in [1.29, 1.82) is 0 Å². The number of likely N-dealkylation sites (tertiary alicyclic amines) is 1. The number of rotatable bonds is 4. The Labute approximate surface area is 167 Å². The van der Waals surface area contributed by atoms with E-state index in [1.165, 1.54) is 12.1 Å². The van der Waals surface area contributed by atoms with Gasteiger partial charge in [-0.3, -0.25) is 15.1 Å². The van der Waals surface area contributed by atoms with Crippen LogP contribution in [0.3, 0.4) is 0 Å². The number of carbonyl (C=O) groups is 1. The molecule has 0 saturated carbocycles. The monoisotopic (exact) mass is 404 g/mol. The zero-order chi connectivity index (χ0) is 20.3. The molecule has 1 saturated heterocycles. The number of aromatic nitrogens is 2. The van der Waals surface area contributed by atoms with Gasteiger partial charge in [0.2, 0.25) is 0 Å². The van der Waals surface area contributed by atoms with E-state index < -0.39 is 10.5 Å². The Bertz CT molecular complexity index is 884. The largest absolute Gasteiger partial charge is 0.444 e. The fourth-order valence-corrected chi connectivity index (χ4v) is 4.03. The number of non-ortho nitro benzene ring substituents is 1. The minimum absolute atomic E-state index is 0.00615. The van der Waals surface area contributed by atoms with E-state index in [2.05, 4.69) is 9.97 Å². The predicted molar refractivity (Wildman–Crippen MR) is 107 cm³/mol. The number of carbonyl (C=O) groups excluding carboxylic acids is 1. The highest BCUT2D eigenvalue weighted by molar-refractivity contribution is 7.99. The van der Waals surface area contributed by atoms with Crippen LogP contribution in [0.2, 0.25) is 0 Å². The van der Waals surface area contributed by atoms with Gasteiger partial charge in [0, 0.05) is 31.0 Å². The molecule has 1 atom stereocenters. The third-order valence-electron chi connectivity index (χ3n) is 4.35. The second-order valence-corrected chi connectivity index (χ2v) is 8.92. The molecule has 150 valence electrons. The van der Waals surface area contributed by atoms with Crippen molar-refractivity contribution in [2.24, 2.45) is 5.92 Å². The van der Waals surface area contributed by atoms with Gasteiger partial charge < -0.3 is 9.64 Å². The molecule has 9 heteroatoms. The lowest BCUT2D eigenvalue weighted by Crippen LogP contribution is -2.43. The molecule has 0 bridgehead atoms. The summed E-state index contributed by atoms with van der Waals surface area (Å²) in [7, 11) is 0. The molecule has 2 aromatic rings. The maximum absolute atomic E-state index is 12.3. The van der Waals surface area contributed by atoms with Crippen molar-refractivity contribution in [2.45, 2.75) is 44.2 Å². The van der Waals surface area contributed by atoms with Crippen molar-refractivity contribution < 1.29 is 14.5 Å². The molecule has 28 heavy (non-hydrogen) atoms. The fourth-order valence-electron chi connectivity index (χ4n) is 3.06. The van der Waals surface area contributed by atoms with Crippen LogP contribution in [-0.4, -0.2) is 50.3 Å². The number of ether oxygens (including phenoxy) is 1. The molecule has 0 N–H and O–H groups in total. The molecule has 1 amide bonds. The first-order chi connectivity index (χ1) is 13.2. The van der Waals surface area contributed by atoms with Gasteiger partial charge in [0.15, 0.2) is 0 Å². The van der Waals surface area contributed by atoms with Crippen LogP contribution < -0.4 is 0 Å². The zero-order valence-corrected chi connectivity index (χ0v) is 17.1. The molecule has 8 nitrogen and oxygen atoms in total. The summed E-state index contributed by atoms with van der Waals surface area (Å²) in [5.74, 6) is 1.19. The minimum Gasteiger partial charge on any atom is -0.444 e. The lowest BCUT2D eigenvalue weighted by Gasteiger charge is -2.34. The Kier molecular flexibility index (Phi) is 6.02. The molecule has 0 radical (unpaired) electrons. The molecule has 1 aliphatic rings. The van der Waals surface area contributed by atoms with Gasteiger partial charge in [-0.1, -0.05) is 0 Å². The number of piperidine rings is 1. The van der Waals surface area contributed by atoms with Crippen LogP contribution in [0.4, 0.5) is 10.5 Å². The molecule has 1 fully saturated rings. The third kappa shape index (κ3) is 5.31. The normalized spacial score (nSPS) is 17.5. The average Bonchev–Trinajstić information content (AvgIpc) is 2.64. The molecule has 1 aliphatic heterocycles. The van der Waals surface area contributed by atoms with Crippen molar-refractivity contribution >= 4 is 34.6 Å². The van der Waals surface area contributed by atoms with Gasteiger partial charge in [0.05, 0.1) is 22.2 Å². The third-order valence-corrected chi connectivity index (χ3v) is 5.48. The summed E-state index contributed by atoms with van der Waals surface area (Å²) >= 11 is 1.59. The van der Waals surface area contributed by atoms with E-state index in [-0.39, 0.29) is 11.8 Å². The zero-order valence-electron chi connectivity index (χ0n) is 16.3. The van der Waals surface area contributed by atoms with Crippen LogP contribution in [0.5, 0.6) is 0 Å². The Morgan fingerprint density at radius 3 is 2.89 bits per heavy atom. The number of hydrogen-bond acceptors (Lipinski definition) is 7. The van der Waals surface area contributed by atoms with E-state index in [9.17, 15) is 14.9 Å². The highest BCUT2D eigenvalue weighted by Gasteiger charge is 2.27.